The van der Waals surface area contributed by atoms with Crippen molar-refractivity contribution in [1.82, 2.24) is 5.32 Å². The van der Waals surface area contributed by atoms with E-state index in [9.17, 15) is 0 Å². The molecule has 1 nitrogen and oxygen atoms in total. The van der Waals surface area contributed by atoms with Gasteiger partial charge in [0.15, 0.2) is 0 Å². The molecule has 0 aliphatic heterocycles. The van der Waals surface area contributed by atoms with E-state index in [-0.39, 0.29) is 0 Å². The lowest BCUT2D eigenvalue weighted by molar-refractivity contribution is 0.213. The van der Waals surface area contributed by atoms with E-state index in [0.29, 0.717) is 5.41 Å². The van der Waals surface area contributed by atoms with Gasteiger partial charge >= 0.3 is 0 Å². The Morgan fingerprint density at radius 1 is 1.00 bits per heavy atom. The molecule has 1 aliphatic carbocycles. The van der Waals surface area contributed by atoms with Crippen LogP contribution in [0.3, 0.4) is 0 Å². The van der Waals surface area contributed by atoms with E-state index < -0.39 is 0 Å². The molecule has 2 atom stereocenters. The Morgan fingerprint density at radius 2 is 1.79 bits per heavy atom. The first-order valence-electron chi connectivity index (χ1n) is 8.26. The predicted octanol–water partition coefficient (Wildman–Crippen LogP) is 5.10. The fourth-order valence-electron chi connectivity index (χ4n) is 3.23. The fraction of sp³-hybridized carbons (Fsp3) is 1.00. The molecule has 0 aromatic rings. The number of unbranched alkanes of at least 4 members (excludes halogenated alkanes) is 2. The van der Waals surface area contributed by atoms with Gasteiger partial charge in [-0.15, -0.1) is 0 Å². The molecular formula is C17H35NS. The van der Waals surface area contributed by atoms with Gasteiger partial charge in [0.05, 0.1) is 0 Å². The smallest absolute Gasteiger partial charge is 0.00671 e. The average molecular weight is 286 g/mol. The van der Waals surface area contributed by atoms with Crippen molar-refractivity contribution in [2.24, 2.45) is 11.3 Å². The molecule has 0 heterocycles. The first-order chi connectivity index (χ1) is 9.04. The lowest BCUT2D eigenvalue weighted by Gasteiger charge is -2.29. The summed E-state index contributed by atoms with van der Waals surface area (Å²) in [5, 5.41) is 3.80. The zero-order chi connectivity index (χ0) is 14.1. The van der Waals surface area contributed by atoms with Gasteiger partial charge in [-0.25, -0.2) is 0 Å². The summed E-state index contributed by atoms with van der Waals surface area (Å²) >= 11 is 1.97. The SMILES string of the molecule is CSCCCCCNC1CCCC(C(C)(C)C)CC1. The number of thioether (sulfide) groups is 1. The molecule has 2 heteroatoms. The van der Waals surface area contributed by atoms with Crippen molar-refractivity contribution < 1.29 is 0 Å². The zero-order valence-corrected chi connectivity index (χ0v) is 14.5. The summed E-state index contributed by atoms with van der Waals surface area (Å²) in [7, 11) is 0. The number of rotatable bonds is 7. The molecule has 0 amide bonds. The molecule has 1 N–H and O–H groups in total. The maximum atomic E-state index is 3.80. The highest BCUT2D eigenvalue weighted by atomic mass is 32.2. The molecule has 0 spiro atoms. The lowest BCUT2D eigenvalue weighted by atomic mass is 9.76. The Morgan fingerprint density at radius 3 is 2.47 bits per heavy atom. The monoisotopic (exact) mass is 285 g/mol. The standard InChI is InChI=1S/C17H35NS/c1-17(2,3)15-9-8-10-16(12-11-15)18-13-6-5-7-14-19-4/h15-16,18H,5-14H2,1-4H3. The molecule has 0 saturated heterocycles. The minimum Gasteiger partial charge on any atom is -0.314 e. The van der Waals surface area contributed by atoms with Crippen molar-refractivity contribution in [2.75, 3.05) is 18.6 Å². The van der Waals surface area contributed by atoms with Crippen LogP contribution in [0.1, 0.15) is 72.1 Å². The second kappa shape index (κ2) is 9.28. The van der Waals surface area contributed by atoms with Crippen LogP contribution < -0.4 is 5.32 Å². The van der Waals surface area contributed by atoms with Crippen LogP contribution >= 0.6 is 11.8 Å². The van der Waals surface area contributed by atoms with Crippen molar-refractivity contribution in [2.45, 2.75) is 78.2 Å². The van der Waals surface area contributed by atoms with Gasteiger partial charge < -0.3 is 5.32 Å². The van der Waals surface area contributed by atoms with Crippen molar-refractivity contribution in [3.63, 3.8) is 0 Å². The van der Waals surface area contributed by atoms with Gasteiger partial charge in [0, 0.05) is 6.04 Å². The molecule has 0 bridgehead atoms. The normalized spacial score (nSPS) is 25.3. The second-order valence-electron chi connectivity index (χ2n) is 7.28. The van der Waals surface area contributed by atoms with E-state index in [1.54, 1.807) is 0 Å². The van der Waals surface area contributed by atoms with Crippen LogP contribution in [0.5, 0.6) is 0 Å². The predicted molar refractivity (Wildman–Crippen MR) is 90.1 cm³/mol. The Kier molecular flexibility index (Phi) is 8.48. The van der Waals surface area contributed by atoms with Crippen LogP contribution in [0.2, 0.25) is 0 Å². The third-order valence-electron chi connectivity index (χ3n) is 4.65. The van der Waals surface area contributed by atoms with Gasteiger partial charge in [0.25, 0.3) is 0 Å². The maximum Gasteiger partial charge on any atom is 0.00671 e. The molecule has 1 aliphatic rings. The summed E-state index contributed by atoms with van der Waals surface area (Å²) < 4.78 is 0. The van der Waals surface area contributed by atoms with E-state index in [2.05, 4.69) is 32.3 Å². The molecule has 0 aromatic heterocycles. The van der Waals surface area contributed by atoms with E-state index in [1.165, 1.54) is 63.7 Å². The Hall–Kier alpha value is 0.310. The Labute approximate surface area is 125 Å². The van der Waals surface area contributed by atoms with Crippen LogP contribution in [0.15, 0.2) is 0 Å². The van der Waals surface area contributed by atoms with Crippen LogP contribution in [0.25, 0.3) is 0 Å². The molecule has 114 valence electrons. The first kappa shape index (κ1) is 17.4. The summed E-state index contributed by atoms with van der Waals surface area (Å²) in [6, 6.07) is 0.799. The number of nitrogens with one attached hydrogen (secondary N) is 1. The maximum absolute atomic E-state index is 3.80. The van der Waals surface area contributed by atoms with E-state index in [4.69, 9.17) is 0 Å². The third kappa shape index (κ3) is 7.60. The average Bonchev–Trinajstić information content (AvgIpc) is 2.58. The second-order valence-corrected chi connectivity index (χ2v) is 8.26. The van der Waals surface area contributed by atoms with Gasteiger partial charge in [-0.3, -0.25) is 0 Å². The van der Waals surface area contributed by atoms with Gasteiger partial charge in [-0.1, -0.05) is 33.6 Å². The quantitative estimate of drug-likeness (QED) is 0.515. The highest BCUT2D eigenvalue weighted by Crippen LogP contribution is 2.36. The largest absolute Gasteiger partial charge is 0.314 e. The number of hydrogen-bond donors (Lipinski definition) is 1. The lowest BCUT2D eigenvalue weighted by Crippen LogP contribution is -2.29. The van der Waals surface area contributed by atoms with Gasteiger partial charge in [0.1, 0.15) is 0 Å². The highest BCUT2D eigenvalue weighted by Gasteiger charge is 2.27. The van der Waals surface area contributed by atoms with Gasteiger partial charge in [0.2, 0.25) is 0 Å². The molecular weight excluding hydrogens is 250 g/mol. The van der Waals surface area contributed by atoms with Crippen LogP contribution in [0, 0.1) is 11.3 Å². The van der Waals surface area contributed by atoms with Crippen molar-refractivity contribution >= 4 is 11.8 Å². The number of hydrogen-bond acceptors (Lipinski definition) is 2. The molecule has 0 aromatic carbocycles. The fourth-order valence-corrected chi connectivity index (χ4v) is 3.72. The van der Waals surface area contributed by atoms with Gasteiger partial charge in [-0.05, 0) is 68.4 Å². The molecule has 1 saturated carbocycles. The Bertz CT molecular complexity index is 222. The summed E-state index contributed by atoms with van der Waals surface area (Å²) in [5.41, 5.74) is 0.507. The van der Waals surface area contributed by atoms with E-state index >= 15 is 0 Å². The summed E-state index contributed by atoms with van der Waals surface area (Å²) in [6.07, 6.45) is 13.4. The minimum atomic E-state index is 0.507. The van der Waals surface area contributed by atoms with Crippen LogP contribution in [0.4, 0.5) is 0 Å². The molecule has 19 heavy (non-hydrogen) atoms. The summed E-state index contributed by atoms with van der Waals surface area (Å²) in [5.74, 6) is 2.26. The molecule has 0 radical (unpaired) electrons. The van der Waals surface area contributed by atoms with Crippen molar-refractivity contribution in [3.05, 3.63) is 0 Å². The van der Waals surface area contributed by atoms with Crippen molar-refractivity contribution in [1.29, 1.82) is 0 Å². The molecule has 1 fully saturated rings. The first-order valence-corrected chi connectivity index (χ1v) is 9.65. The topological polar surface area (TPSA) is 12.0 Å². The Balaban J connectivity index is 2.12. The van der Waals surface area contributed by atoms with Crippen molar-refractivity contribution in [3.8, 4) is 0 Å². The molecule has 2 unspecified atom stereocenters. The van der Waals surface area contributed by atoms with E-state index in [1.807, 2.05) is 11.8 Å². The molecule has 1 rings (SSSR count). The van der Waals surface area contributed by atoms with Gasteiger partial charge in [-0.2, -0.15) is 11.8 Å². The minimum absolute atomic E-state index is 0.507. The zero-order valence-electron chi connectivity index (χ0n) is 13.6. The third-order valence-corrected chi connectivity index (χ3v) is 5.35. The van der Waals surface area contributed by atoms with Crippen LogP contribution in [-0.4, -0.2) is 24.6 Å². The highest BCUT2D eigenvalue weighted by molar-refractivity contribution is 7.98. The summed E-state index contributed by atoms with van der Waals surface area (Å²) in [4.78, 5) is 0. The summed E-state index contributed by atoms with van der Waals surface area (Å²) in [6.45, 7) is 8.48. The van der Waals surface area contributed by atoms with E-state index in [0.717, 1.165) is 12.0 Å². The van der Waals surface area contributed by atoms with Crippen LogP contribution in [-0.2, 0) is 0 Å².